The monoisotopic (exact) mass is 448 g/mol. The van der Waals surface area contributed by atoms with E-state index in [0.717, 1.165) is 11.3 Å². The Morgan fingerprint density at radius 3 is 2.38 bits per heavy atom. The molecule has 0 bridgehead atoms. The van der Waals surface area contributed by atoms with E-state index in [1.807, 2.05) is 0 Å². The van der Waals surface area contributed by atoms with Crippen LogP contribution in [0.1, 0.15) is 40.3 Å². The summed E-state index contributed by atoms with van der Waals surface area (Å²) < 4.78 is 1.34. The molecular formula is C22H25IS. The summed E-state index contributed by atoms with van der Waals surface area (Å²) in [5.41, 5.74) is 9.38. The SMILES string of the molecule is C=C(S/C=C(\C)Cc1cc(C)c(I)cc1C)c1ccc(C)c(C)c1. The molecule has 0 aromatic heterocycles. The van der Waals surface area contributed by atoms with Crippen LogP contribution in [0.25, 0.3) is 4.91 Å². The highest BCUT2D eigenvalue weighted by Crippen LogP contribution is 2.29. The summed E-state index contributed by atoms with van der Waals surface area (Å²) in [6.45, 7) is 15.1. The van der Waals surface area contributed by atoms with Crippen LogP contribution in [0.15, 0.2) is 47.9 Å². The molecule has 2 rings (SSSR count). The van der Waals surface area contributed by atoms with Crippen molar-refractivity contribution in [2.24, 2.45) is 0 Å². The highest BCUT2D eigenvalue weighted by atomic mass is 127. The average Bonchev–Trinajstić information content (AvgIpc) is 2.53. The van der Waals surface area contributed by atoms with Gasteiger partial charge in [0.05, 0.1) is 0 Å². The van der Waals surface area contributed by atoms with Gasteiger partial charge < -0.3 is 0 Å². The molecule has 126 valence electrons. The highest BCUT2D eigenvalue weighted by molar-refractivity contribution is 14.1. The first-order chi connectivity index (χ1) is 11.3. The summed E-state index contributed by atoms with van der Waals surface area (Å²) in [5, 5.41) is 2.24. The van der Waals surface area contributed by atoms with Crippen LogP contribution >= 0.6 is 34.4 Å². The number of hydrogen-bond acceptors (Lipinski definition) is 1. The van der Waals surface area contributed by atoms with Crippen LogP contribution in [0.5, 0.6) is 0 Å². The first-order valence-corrected chi connectivity index (χ1v) is 10.1. The van der Waals surface area contributed by atoms with E-state index in [9.17, 15) is 0 Å². The van der Waals surface area contributed by atoms with Gasteiger partial charge in [0.25, 0.3) is 0 Å². The van der Waals surface area contributed by atoms with Gasteiger partial charge in [0.1, 0.15) is 0 Å². The van der Waals surface area contributed by atoms with Crippen molar-refractivity contribution in [3.8, 4) is 0 Å². The highest BCUT2D eigenvalue weighted by Gasteiger charge is 2.05. The third-order valence-corrected chi connectivity index (χ3v) is 6.52. The summed E-state index contributed by atoms with van der Waals surface area (Å²) >= 11 is 4.13. The topological polar surface area (TPSA) is 0 Å². The molecule has 0 unspecified atom stereocenters. The molecule has 0 radical (unpaired) electrons. The minimum Gasteiger partial charge on any atom is -0.0981 e. The van der Waals surface area contributed by atoms with E-state index >= 15 is 0 Å². The molecule has 0 amide bonds. The Bertz CT molecular complexity index is 800. The van der Waals surface area contributed by atoms with Crippen LogP contribution in [-0.4, -0.2) is 0 Å². The maximum absolute atomic E-state index is 4.24. The van der Waals surface area contributed by atoms with Crippen LogP contribution in [-0.2, 0) is 6.42 Å². The number of hydrogen-bond donors (Lipinski definition) is 0. The number of aryl methyl sites for hydroxylation is 4. The van der Waals surface area contributed by atoms with Gasteiger partial charge in [0, 0.05) is 8.48 Å². The van der Waals surface area contributed by atoms with Crippen molar-refractivity contribution in [1.82, 2.24) is 0 Å². The van der Waals surface area contributed by atoms with Crippen molar-refractivity contribution in [2.75, 3.05) is 0 Å². The summed E-state index contributed by atoms with van der Waals surface area (Å²) in [4.78, 5) is 1.10. The average molecular weight is 448 g/mol. The Morgan fingerprint density at radius 2 is 1.71 bits per heavy atom. The van der Waals surface area contributed by atoms with Crippen molar-refractivity contribution < 1.29 is 0 Å². The Morgan fingerprint density at radius 1 is 1.00 bits per heavy atom. The lowest BCUT2D eigenvalue weighted by Crippen LogP contribution is -1.94. The van der Waals surface area contributed by atoms with E-state index < -0.39 is 0 Å². The molecule has 0 fully saturated rings. The molecule has 0 atom stereocenters. The molecule has 24 heavy (non-hydrogen) atoms. The van der Waals surface area contributed by atoms with Gasteiger partial charge in [-0.15, -0.1) is 0 Å². The molecule has 0 aliphatic rings. The zero-order valence-electron chi connectivity index (χ0n) is 15.2. The van der Waals surface area contributed by atoms with Crippen molar-refractivity contribution in [2.45, 2.75) is 41.0 Å². The van der Waals surface area contributed by atoms with Gasteiger partial charge in [0.2, 0.25) is 0 Å². The Balaban J connectivity index is 2.07. The smallest absolute Gasteiger partial charge is 0.0162 e. The summed E-state index contributed by atoms with van der Waals surface area (Å²) in [6.07, 6.45) is 0.997. The van der Waals surface area contributed by atoms with Gasteiger partial charge in [0.15, 0.2) is 0 Å². The predicted octanol–water partition coefficient (Wildman–Crippen LogP) is 7.38. The van der Waals surface area contributed by atoms with Crippen molar-refractivity contribution >= 4 is 39.3 Å². The Hall–Kier alpha value is -1.00. The lowest BCUT2D eigenvalue weighted by atomic mass is 10.00. The van der Waals surface area contributed by atoms with Crippen LogP contribution in [0.2, 0.25) is 0 Å². The number of rotatable bonds is 5. The van der Waals surface area contributed by atoms with E-state index in [1.165, 1.54) is 42.5 Å². The third kappa shape index (κ3) is 5.00. The fourth-order valence-electron chi connectivity index (χ4n) is 2.53. The quantitative estimate of drug-likeness (QED) is 0.430. The lowest BCUT2D eigenvalue weighted by molar-refractivity contribution is 1.11. The van der Waals surface area contributed by atoms with Crippen LogP contribution in [0.4, 0.5) is 0 Å². The molecule has 0 spiro atoms. The molecule has 2 aromatic carbocycles. The largest absolute Gasteiger partial charge is 0.0981 e. The summed E-state index contributed by atoms with van der Waals surface area (Å²) in [7, 11) is 0. The number of thioether (sulfide) groups is 1. The van der Waals surface area contributed by atoms with Crippen molar-refractivity contribution in [3.05, 3.63) is 84.8 Å². The van der Waals surface area contributed by atoms with E-state index in [2.05, 4.69) is 99.5 Å². The predicted molar refractivity (Wildman–Crippen MR) is 119 cm³/mol. The second-order valence-electron chi connectivity index (χ2n) is 6.51. The zero-order chi connectivity index (χ0) is 17.9. The zero-order valence-corrected chi connectivity index (χ0v) is 18.1. The van der Waals surface area contributed by atoms with Crippen LogP contribution < -0.4 is 0 Å². The molecule has 0 saturated carbocycles. The van der Waals surface area contributed by atoms with Gasteiger partial charge in [-0.3, -0.25) is 0 Å². The van der Waals surface area contributed by atoms with E-state index in [-0.39, 0.29) is 0 Å². The summed E-state index contributed by atoms with van der Waals surface area (Å²) in [5.74, 6) is 0. The molecule has 0 aliphatic carbocycles. The third-order valence-electron chi connectivity index (χ3n) is 4.32. The molecule has 0 aliphatic heterocycles. The standard InChI is InChI=1S/C22H25IS/c1-14(9-21-11-18(5)22(23)12-17(21)4)13-24-19(6)20-8-7-15(2)16(3)10-20/h7-8,10-13H,6,9H2,1-5H3/b14-13+. The molecular weight excluding hydrogens is 423 g/mol. The van der Waals surface area contributed by atoms with Crippen molar-refractivity contribution in [3.63, 3.8) is 0 Å². The Labute approximate surface area is 164 Å². The molecule has 0 N–H and O–H groups in total. The van der Waals surface area contributed by atoms with Crippen LogP contribution in [0.3, 0.4) is 0 Å². The van der Waals surface area contributed by atoms with Gasteiger partial charge in [-0.2, -0.15) is 0 Å². The second kappa shape index (κ2) is 8.39. The first kappa shape index (κ1) is 19.3. The van der Waals surface area contributed by atoms with E-state index in [1.54, 1.807) is 11.8 Å². The minimum absolute atomic E-state index is 0.997. The van der Waals surface area contributed by atoms with Crippen molar-refractivity contribution in [1.29, 1.82) is 0 Å². The van der Waals surface area contributed by atoms with E-state index in [0.29, 0.717) is 0 Å². The molecule has 0 saturated heterocycles. The number of benzene rings is 2. The number of allylic oxidation sites excluding steroid dienone is 1. The molecule has 2 aromatic rings. The van der Waals surface area contributed by atoms with Crippen LogP contribution in [0, 0.1) is 31.3 Å². The molecule has 2 heteroatoms. The number of halogens is 1. The van der Waals surface area contributed by atoms with Gasteiger partial charge in [-0.25, -0.2) is 0 Å². The Kier molecular flexibility index (Phi) is 6.76. The van der Waals surface area contributed by atoms with E-state index in [4.69, 9.17) is 0 Å². The fourth-order valence-corrected chi connectivity index (χ4v) is 3.84. The van der Waals surface area contributed by atoms with Gasteiger partial charge >= 0.3 is 0 Å². The fraction of sp³-hybridized carbons (Fsp3) is 0.273. The lowest BCUT2D eigenvalue weighted by Gasteiger charge is -2.10. The normalized spacial score (nSPS) is 11.7. The summed E-state index contributed by atoms with van der Waals surface area (Å²) in [6, 6.07) is 11.1. The maximum Gasteiger partial charge on any atom is 0.0162 e. The molecule has 0 nitrogen and oxygen atoms in total. The minimum atomic E-state index is 0.997. The molecule has 0 heterocycles. The van der Waals surface area contributed by atoms with Gasteiger partial charge in [-0.05, 0) is 108 Å². The van der Waals surface area contributed by atoms with Gasteiger partial charge in [-0.1, -0.05) is 48.2 Å². The second-order valence-corrected chi connectivity index (χ2v) is 8.64. The first-order valence-electron chi connectivity index (χ1n) is 8.12. The maximum atomic E-state index is 4.24.